The molecule has 0 radical (unpaired) electrons. The van der Waals surface area contributed by atoms with E-state index in [1.807, 2.05) is 17.0 Å². The maximum atomic E-state index is 13.3. The SMILES string of the molecule is CCn1c(=O)c(=O)[nH]c2cc(C(=O)N3CCNCC3c3cccnc3)ccc21. The second kappa shape index (κ2) is 7.40. The Morgan fingerprint density at radius 1 is 1.29 bits per heavy atom. The van der Waals surface area contributed by atoms with Gasteiger partial charge < -0.3 is 19.8 Å². The number of aromatic amines is 1. The summed E-state index contributed by atoms with van der Waals surface area (Å²) in [5.41, 5.74) is 1.25. The van der Waals surface area contributed by atoms with Crippen molar-refractivity contribution in [3.8, 4) is 0 Å². The monoisotopic (exact) mass is 379 g/mol. The van der Waals surface area contributed by atoms with Gasteiger partial charge in [-0.1, -0.05) is 6.07 Å². The molecule has 144 valence electrons. The molecule has 2 N–H and O–H groups in total. The third-order valence-electron chi connectivity index (χ3n) is 5.11. The van der Waals surface area contributed by atoms with E-state index in [9.17, 15) is 14.4 Å². The van der Waals surface area contributed by atoms with E-state index in [2.05, 4.69) is 15.3 Å². The van der Waals surface area contributed by atoms with Gasteiger partial charge in [0.25, 0.3) is 5.91 Å². The summed E-state index contributed by atoms with van der Waals surface area (Å²) in [4.78, 5) is 45.8. The molecule has 8 heteroatoms. The summed E-state index contributed by atoms with van der Waals surface area (Å²) >= 11 is 0. The van der Waals surface area contributed by atoms with Crippen molar-refractivity contribution in [1.29, 1.82) is 0 Å². The first-order valence-corrected chi connectivity index (χ1v) is 9.28. The van der Waals surface area contributed by atoms with Crippen LogP contribution in [0.5, 0.6) is 0 Å². The number of amides is 1. The molecular formula is C20H21N5O3. The Bertz CT molecular complexity index is 1140. The number of fused-ring (bicyclic) bond motifs is 1. The van der Waals surface area contributed by atoms with Crippen molar-refractivity contribution in [2.24, 2.45) is 0 Å². The number of H-pyrrole nitrogens is 1. The topological polar surface area (TPSA) is 100 Å². The van der Waals surface area contributed by atoms with Gasteiger partial charge in [0.1, 0.15) is 0 Å². The van der Waals surface area contributed by atoms with Gasteiger partial charge in [-0.05, 0) is 36.8 Å². The number of pyridine rings is 1. The van der Waals surface area contributed by atoms with E-state index in [0.717, 1.165) is 5.56 Å². The average Bonchev–Trinajstić information content (AvgIpc) is 2.74. The Labute approximate surface area is 160 Å². The summed E-state index contributed by atoms with van der Waals surface area (Å²) < 4.78 is 1.41. The molecule has 1 aliphatic heterocycles. The normalized spacial score (nSPS) is 17.0. The fourth-order valence-corrected chi connectivity index (χ4v) is 3.71. The molecule has 0 spiro atoms. The number of carbonyl (C=O) groups excluding carboxylic acids is 1. The van der Waals surface area contributed by atoms with Gasteiger partial charge in [-0.3, -0.25) is 19.4 Å². The number of nitrogens with one attached hydrogen (secondary N) is 2. The zero-order valence-electron chi connectivity index (χ0n) is 15.5. The largest absolute Gasteiger partial charge is 0.329 e. The highest BCUT2D eigenvalue weighted by molar-refractivity contribution is 5.97. The van der Waals surface area contributed by atoms with Crippen LogP contribution >= 0.6 is 0 Å². The Morgan fingerprint density at radius 2 is 2.14 bits per heavy atom. The first-order valence-electron chi connectivity index (χ1n) is 9.28. The third kappa shape index (κ3) is 3.11. The van der Waals surface area contributed by atoms with Gasteiger partial charge >= 0.3 is 11.1 Å². The van der Waals surface area contributed by atoms with Crippen molar-refractivity contribution in [1.82, 2.24) is 24.8 Å². The van der Waals surface area contributed by atoms with Gasteiger partial charge in [0.2, 0.25) is 0 Å². The molecule has 0 saturated carbocycles. The molecule has 1 amide bonds. The number of piperazine rings is 1. The van der Waals surface area contributed by atoms with E-state index in [1.54, 1.807) is 37.5 Å². The standard InChI is InChI=1S/C20H21N5O3/c1-2-24-16-6-5-13(10-15(16)23-18(26)20(24)28)19(27)25-9-8-22-12-17(25)14-4-3-7-21-11-14/h3-7,10-11,17,22H,2,8-9,12H2,1H3,(H,23,26). The second-order valence-corrected chi connectivity index (χ2v) is 6.74. The summed E-state index contributed by atoms with van der Waals surface area (Å²) in [7, 11) is 0. The molecule has 4 rings (SSSR count). The van der Waals surface area contributed by atoms with Crippen LogP contribution in [-0.2, 0) is 6.54 Å². The number of aryl methyl sites for hydroxylation is 1. The predicted molar refractivity (Wildman–Crippen MR) is 105 cm³/mol. The van der Waals surface area contributed by atoms with E-state index in [0.29, 0.717) is 42.8 Å². The van der Waals surface area contributed by atoms with Crippen molar-refractivity contribution < 1.29 is 4.79 Å². The number of carbonyl (C=O) groups is 1. The lowest BCUT2D eigenvalue weighted by Crippen LogP contribution is -2.48. The van der Waals surface area contributed by atoms with Crippen molar-refractivity contribution in [3.63, 3.8) is 0 Å². The van der Waals surface area contributed by atoms with Crippen LogP contribution in [0.1, 0.15) is 28.9 Å². The first-order chi connectivity index (χ1) is 13.6. The molecule has 1 unspecified atom stereocenters. The Balaban J connectivity index is 1.74. The molecular weight excluding hydrogens is 358 g/mol. The van der Waals surface area contributed by atoms with E-state index in [4.69, 9.17) is 0 Å². The lowest BCUT2D eigenvalue weighted by atomic mass is 10.0. The molecule has 0 bridgehead atoms. The summed E-state index contributed by atoms with van der Waals surface area (Å²) in [5, 5.41) is 3.32. The van der Waals surface area contributed by atoms with Crippen molar-refractivity contribution in [2.75, 3.05) is 19.6 Å². The number of nitrogens with zero attached hydrogens (tertiary/aromatic N) is 3. The molecule has 3 aromatic rings. The molecule has 1 atom stereocenters. The third-order valence-corrected chi connectivity index (χ3v) is 5.11. The highest BCUT2D eigenvalue weighted by atomic mass is 16.2. The molecule has 0 aliphatic carbocycles. The molecule has 2 aromatic heterocycles. The van der Waals surface area contributed by atoms with Crippen LogP contribution in [0.25, 0.3) is 11.0 Å². The molecule has 1 fully saturated rings. The van der Waals surface area contributed by atoms with Crippen molar-refractivity contribution in [2.45, 2.75) is 19.5 Å². The fraction of sp³-hybridized carbons (Fsp3) is 0.300. The van der Waals surface area contributed by atoms with E-state index < -0.39 is 11.1 Å². The van der Waals surface area contributed by atoms with Crippen LogP contribution < -0.4 is 16.4 Å². The van der Waals surface area contributed by atoms with Gasteiger partial charge in [-0.15, -0.1) is 0 Å². The zero-order chi connectivity index (χ0) is 19.7. The Kier molecular flexibility index (Phi) is 4.79. The highest BCUT2D eigenvalue weighted by Crippen LogP contribution is 2.24. The van der Waals surface area contributed by atoms with Crippen molar-refractivity contribution >= 4 is 16.9 Å². The minimum atomic E-state index is -0.686. The molecule has 1 aromatic carbocycles. The molecule has 1 aliphatic rings. The molecule has 28 heavy (non-hydrogen) atoms. The van der Waals surface area contributed by atoms with Gasteiger partial charge in [-0.25, -0.2) is 0 Å². The minimum absolute atomic E-state index is 0.116. The van der Waals surface area contributed by atoms with Crippen LogP contribution in [0.4, 0.5) is 0 Å². The summed E-state index contributed by atoms with van der Waals surface area (Å²) in [6.07, 6.45) is 3.48. The lowest BCUT2D eigenvalue weighted by molar-refractivity contribution is 0.0634. The predicted octanol–water partition coefficient (Wildman–Crippen LogP) is 0.891. The lowest BCUT2D eigenvalue weighted by Gasteiger charge is -2.36. The second-order valence-electron chi connectivity index (χ2n) is 6.74. The van der Waals surface area contributed by atoms with Crippen LogP contribution in [0.3, 0.4) is 0 Å². The van der Waals surface area contributed by atoms with Crippen molar-refractivity contribution in [3.05, 3.63) is 74.6 Å². The number of benzene rings is 1. The molecule has 8 nitrogen and oxygen atoms in total. The van der Waals surface area contributed by atoms with E-state index in [-0.39, 0.29) is 11.9 Å². The quantitative estimate of drug-likeness (QED) is 0.659. The van der Waals surface area contributed by atoms with Gasteiger partial charge in [0, 0.05) is 44.1 Å². The number of hydrogen-bond acceptors (Lipinski definition) is 5. The van der Waals surface area contributed by atoms with Gasteiger partial charge in [0.15, 0.2) is 0 Å². The summed E-state index contributed by atoms with van der Waals surface area (Å²) in [6, 6.07) is 8.77. The van der Waals surface area contributed by atoms with E-state index in [1.165, 1.54) is 4.57 Å². The number of aromatic nitrogens is 3. The van der Waals surface area contributed by atoms with Crippen LogP contribution in [0.15, 0.2) is 52.3 Å². The maximum absolute atomic E-state index is 13.3. The van der Waals surface area contributed by atoms with Crippen LogP contribution in [0, 0.1) is 0 Å². The highest BCUT2D eigenvalue weighted by Gasteiger charge is 2.29. The fourth-order valence-electron chi connectivity index (χ4n) is 3.71. The minimum Gasteiger partial charge on any atom is -0.329 e. The Morgan fingerprint density at radius 3 is 2.89 bits per heavy atom. The van der Waals surface area contributed by atoms with Crippen LogP contribution in [-0.4, -0.2) is 45.0 Å². The Hall–Kier alpha value is -3.26. The average molecular weight is 379 g/mol. The van der Waals surface area contributed by atoms with Gasteiger partial charge in [0.05, 0.1) is 17.1 Å². The maximum Gasteiger partial charge on any atom is 0.316 e. The molecule has 3 heterocycles. The smallest absolute Gasteiger partial charge is 0.316 e. The first kappa shape index (κ1) is 18.1. The number of hydrogen-bond donors (Lipinski definition) is 2. The molecule has 1 saturated heterocycles. The van der Waals surface area contributed by atoms with Crippen LogP contribution in [0.2, 0.25) is 0 Å². The number of rotatable bonds is 3. The zero-order valence-corrected chi connectivity index (χ0v) is 15.5. The van der Waals surface area contributed by atoms with Gasteiger partial charge in [-0.2, -0.15) is 0 Å². The summed E-state index contributed by atoms with van der Waals surface area (Å²) in [5.74, 6) is -0.118. The summed E-state index contributed by atoms with van der Waals surface area (Å²) in [6.45, 7) is 4.12. The van der Waals surface area contributed by atoms with E-state index >= 15 is 0 Å².